The highest BCUT2D eigenvalue weighted by Crippen LogP contribution is 2.20. The fourth-order valence-electron chi connectivity index (χ4n) is 2.88. The van der Waals surface area contributed by atoms with E-state index in [1.165, 1.54) is 17.5 Å². The van der Waals surface area contributed by atoms with Crippen LogP contribution in [0.4, 0.5) is 4.39 Å². The maximum atomic E-state index is 13.5. The van der Waals surface area contributed by atoms with Crippen LogP contribution in [0.3, 0.4) is 0 Å². The number of ether oxygens (including phenoxy) is 1. The average molecular weight is 372 g/mol. The first-order valence-corrected chi connectivity index (χ1v) is 10.0. The number of carbonyl (C=O) groups is 1. The monoisotopic (exact) mass is 372 g/mol. The van der Waals surface area contributed by atoms with E-state index >= 15 is 0 Å². The molecular weight excluding hydrogens is 347 g/mol. The van der Waals surface area contributed by atoms with E-state index in [-0.39, 0.29) is 30.0 Å². The van der Waals surface area contributed by atoms with Crippen molar-refractivity contribution >= 4 is 15.9 Å². The molecule has 6 nitrogen and oxygen atoms in total. The van der Waals surface area contributed by atoms with Crippen LogP contribution in [0.2, 0.25) is 0 Å². The summed E-state index contributed by atoms with van der Waals surface area (Å²) in [7, 11) is -1.85. The normalized spacial score (nSPS) is 16.7. The third kappa shape index (κ3) is 5.76. The number of carbonyl (C=O) groups excluding carboxylic acids is 1. The second-order valence-corrected chi connectivity index (χ2v) is 8.20. The minimum atomic E-state index is -3.32. The molecule has 0 bridgehead atoms. The topological polar surface area (TPSA) is 75.7 Å². The lowest BCUT2D eigenvalue weighted by atomic mass is 9.97. The van der Waals surface area contributed by atoms with Crippen molar-refractivity contribution in [2.24, 2.45) is 5.92 Å². The van der Waals surface area contributed by atoms with Gasteiger partial charge in [-0.05, 0) is 30.9 Å². The molecular formula is C17H25FN2O4S. The van der Waals surface area contributed by atoms with E-state index in [9.17, 15) is 17.6 Å². The Hall–Kier alpha value is -1.51. The summed E-state index contributed by atoms with van der Waals surface area (Å²) >= 11 is 0. The molecule has 140 valence electrons. The van der Waals surface area contributed by atoms with Crippen molar-refractivity contribution < 1.29 is 22.3 Å². The molecule has 0 atom stereocenters. The van der Waals surface area contributed by atoms with Gasteiger partial charge in [-0.15, -0.1) is 0 Å². The van der Waals surface area contributed by atoms with Gasteiger partial charge in [-0.2, -0.15) is 0 Å². The molecule has 1 aromatic rings. The van der Waals surface area contributed by atoms with E-state index < -0.39 is 10.0 Å². The summed E-state index contributed by atoms with van der Waals surface area (Å²) in [5.41, 5.74) is 0.571. The molecule has 1 heterocycles. The fourth-order valence-corrected chi connectivity index (χ4v) is 4.28. The molecule has 0 spiro atoms. The Bertz CT molecular complexity index is 673. The number of nitrogens with one attached hydrogen (secondary N) is 1. The van der Waals surface area contributed by atoms with Crippen LogP contribution >= 0.6 is 0 Å². The molecule has 1 aromatic carbocycles. The number of methoxy groups -OCH3 is 1. The van der Waals surface area contributed by atoms with Gasteiger partial charge in [-0.25, -0.2) is 17.1 Å². The zero-order chi connectivity index (χ0) is 18.3. The van der Waals surface area contributed by atoms with Gasteiger partial charge in [-0.3, -0.25) is 4.79 Å². The van der Waals surface area contributed by atoms with Crippen molar-refractivity contribution in [1.29, 1.82) is 0 Å². The number of hydrogen-bond donors (Lipinski definition) is 1. The molecule has 0 aliphatic carbocycles. The maximum Gasteiger partial charge on any atom is 0.223 e. The third-order valence-corrected chi connectivity index (χ3v) is 6.25. The van der Waals surface area contributed by atoms with Crippen molar-refractivity contribution in [2.75, 3.05) is 39.1 Å². The van der Waals surface area contributed by atoms with Gasteiger partial charge in [0.15, 0.2) is 0 Å². The molecule has 2 rings (SSSR count). The van der Waals surface area contributed by atoms with Gasteiger partial charge in [0.05, 0.1) is 12.4 Å². The summed E-state index contributed by atoms with van der Waals surface area (Å²) in [5.74, 6) is -0.602. The van der Waals surface area contributed by atoms with Crippen molar-refractivity contribution in [1.82, 2.24) is 9.62 Å². The number of benzene rings is 1. The lowest BCUT2D eigenvalue weighted by Crippen LogP contribution is -2.44. The summed E-state index contributed by atoms with van der Waals surface area (Å²) in [6.45, 7) is 1.22. The molecule has 0 radical (unpaired) electrons. The quantitative estimate of drug-likeness (QED) is 0.743. The van der Waals surface area contributed by atoms with Crippen LogP contribution in [0.15, 0.2) is 24.3 Å². The number of rotatable bonds is 8. The second kappa shape index (κ2) is 9.26. The average Bonchev–Trinajstić information content (AvgIpc) is 2.61. The Morgan fingerprint density at radius 1 is 1.32 bits per heavy atom. The molecule has 1 aliphatic rings. The number of sulfonamides is 1. The molecule has 1 saturated heterocycles. The Morgan fingerprint density at radius 2 is 2.00 bits per heavy atom. The first kappa shape index (κ1) is 19.8. The molecule has 25 heavy (non-hydrogen) atoms. The number of nitrogens with zero attached hydrogens (tertiary/aromatic N) is 1. The number of halogens is 1. The Balaban J connectivity index is 1.75. The largest absolute Gasteiger partial charge is 0.384 e. The van der Waals surface area contributed by atoms with E-state index in [2.05, 4.69) is 5.32 Å². The minimum Gasteiger partial charge on any atom is -0.384 e. The SMILES string of the molecule is COCCS(=O)(=O)N1CCC(C(=O)NCCc2ccccc2F)CC1. The van der Waals surface area contributed by atoms with Gasteiger partial charge in [0, 0.05) is 32.7 Å². The standard InChI is InChI=1S/C17H25FN2O4S/c1-24-12-13-25(22,23)20-10-7-15(8-11-20)17(21)19-9-6-14-4-2-3-5-16(14)18/h2-5,15H,6-13H2,1H3,(H,19,21). The minimum absolute atomic E-state index is 0.0387. The van der Waals surface area contributed by atoms with Gasteiger partial charge in [0.1, 0.15) is 5.82 Å². The summed E-state index contributed by atoms with van der Waals surface area (Å²) < 4.78 is 44.0. The van der Waals surface area contributed by atoms with E-state index in [0.717, 1.165) is 0 Å². The summed E-state index contributed by atoms with van der Waals surface area (Å²) in [4.78, 5) is 12.2. The predicted octanol–water partition coefficient (Wildman–Crippen LogP) is 1.17. The van der Waals surface area contributed by atoms with Gasteiger partial charge >= 0.3 is 0 Å². The molecule has 1 amide bonds. The number of hydrogen-bond acceptors (Lipinski definition) is 4. The van der Waals surface area contributed by atoms with Crippen LogP contribution in [-0.2, 0) is 26.0 Å². The van der Waals surface area contributed by atoms with Gasteiger partial charge < -0.3 is 10.1 Å². The first-order valence-electron chi connectivity index (χ1n) is 8.42. The van der Waals surface area contributed by atoms with Crippen molar-refractivity contribution in [3.05, 3.63) is 35.6 Å². The summed E-state index contributed by atoms with van der Waals surface area (Å²) in [6.07, 6.45) is 1.43. The van der Waals surface area contributed by atoms with Gasteiger partial charge in [-0.1, -0.05) is 18.2 Å². The Morgan fingerprint density at radius 3 is 2.64 bits per heavy atom. The summed E-state index contributed by atoms with van der Waals surface area (Å²) in [6, 6.07) is 6.49. The molecule has 1 aliphatic heterocycles. The highest BCUT2D eigenvalue weighted by molar-refractivity contribution is 7.89. The molecule has 1 fully saturated rings. The smallest absolute Gasteiger partial charge is 0.223 e. The van der Waals surface area contributed by atoms with E-state index in [1.54, 1.807) is 18.2 Å². The van der Waals surface area contributed by atoms with Crippen LogP contribution in [0.25, 0.3) is 0 Å². The second-order valence-electron chi connectivity index (χ2n) is 6.11. The molecule has 0 aromatic heterocycles. The zero-order valence-corrected chi connectivity index (χ0v) is 15.2. The lowest BCUT2D eigenvalue weighted by molar-refractivity contribution is -0.126. The van der Waals surface area contributed by atoms with E-state index in [0.29, 0.717) is 44.5 Å². The zero-order valence-electron chi connectivity index (χ0n) is 14.4. The number of piperidine rings is 1. The maximum absolute atomic E-state index is 13.5. The highest BCUT2D eigenvalue weighted by Gasteiger charge is 2.30. The van der Waals surface area contributed by atoms with Crippen LogP contribution in [-0.4, -0.2) is 57.7 Å². The summed E-state index contributed by atoms with van der Waals surface area (Å²) in [5, 5.41) is 2.82. The van der Waals surface area contributed by atoms with Gasteiger partial charge in [0.2, 0.25) is 15.9 Å². The third-order valence-electron chi connectivity index (χ3n) is 4.41. The van der Waals surface area contributed by atoms with Gasteiger partial charge in [0.25, 0.3) is 0 Å². The molecule has 0 saturated carbocycles. The highest BCUT2D eigenvalue weighted by atomic mass is 32.2. The van der Waals surface area contributed by atoms with Crippen molar-refractivity contribution in [3.8, 4) is 0 Å². The molecule has 8 heteroatoms. The van der Waals surface area contributed by atoms with E-state index in [1.807, 2.05) is 0 Å². The number of amides is 1. The lowest BCUT2D eigenvalue weighted by Gasteiger charge is -2.30. The Kier molecular flexibility index (Phi) is 7.34. The Labute approximate surface area is 148 Å². The van der Waals surface area contributed by atoms with Crippen LogP contribution in [0.5, 0.6) is 0 Å². The molecule has 0 unspecified atom stereocenters. The molecule has 1 N–H and O–H groups in total. The first-order chi connectivity index (χ1) is 11.9. The van der Waals surface area contributed by atoms with Crippen LogP contribution in [0.1, 0.15) is 18.4 Å². The van der Waals surface area contributed by atoms with Crippen molar-refractivity contribution in [2.45, 2.75) is 19.3 Å². The fraction of sp³-hybridized carbons (Fsp3) is 0.588. The van der Waals surface area contributed by atoms with E-state index in [4.69, 9.17) is 4.74 Å². The van der Waals surface area contributed by atoms with Crippen molar-refractivity contribution in [3.63, 3.8) is 0 Å². The van der Waals surface area contributed by atoms with Crippen LogP contribution < -0.4 is 5.32 Å². The van der Waals surface area contributed by atoms with Crippen LogP contribution in [0, 0.1) is 11.7 Å². The predicted molar refractivity (Wildman–Crippen MR) is 93.1 cm³/mol.